The van der Waals surface area contributed by atoms with Crippen molar-refractivity contribution in [1.29, 1.82) is 0 Å². The highest BCUT2D eigenvalue weighted by Gasteiger charge is 2.04. The molecule has 2 rings (SSSR count). The molecule has 18 heavy (non-hydrogen) atoms. The smallest absolute Gasteiger partial charge is 0.305 e. The van der Waals surface area contributed by atoms with Crippen molar-refractivity contribution in [3.05, 3.63) is 30.0 Å². The van der Waals surface area contributed by atoms with Crippen LogP contribution in [0.15, 0.2) is 24.3 Å². The third-order valence-electron chi connectivity index (χ3n) is 2.69. The van der Waals surface area contributed by atoms with E-state index in [1.54, 1.807) is 0 Å². The molecule has 0 saturated heterocycles. The predicted molar refractivity (Wildman–Crippen MR) is 72.6 cm³/mol. The summed E-state index contributed by atoms with van der Waals surface area (Å²) in [6, 6.07) is 7.50. The maximum absolute atomic E-state index is 10.5. The van der Waals surface area contributed by atoms with Gasteiger partial charge < -0.3 is 10.4 Å². The molecule has 0 atom stereocenters. The molecule has 0 unspecified atom stereocenters. The van der Waals surface area contributed by atoms with Crippen LogP contribution in [0.2, 0.25) is 0 Å². The molecule has 0 aliphatic heterocycles. The van der Waals surface area contributed by atoms with Crippen LogP contribution in [0.25, 0.3) is 10.9 Å². The average Bonchev–Trinajstić information content (AvgIpc) is 2.29. The number of pyridine rings is 1. The number of nitrogens with one attached hydrogen (secondary N) is 1. The molecule has 1 aromatic heterocycles. The highest BCUT2D eigenvalue weighted by Crippen LogP contribution is 2.19. The highest BCUT2D eigenvalue weighted by atomic mass is 16.4. The number of hydrogen-bond donors (Lipinski definition) is 2. The van der Waals surface area contributed by atoms with Gasteiger partial charge in [-0.2, -0.15) is 0 Å². The third kappa shape index (κ3) is 2.80. The van der Waals surface area contributed by atoms with E-state index in [0.717, 1.165) is 22.3 Å². The molecule has 1 heterocycles. The fourth-order valence-corrected chi connectivity index (χ4v) is 1.76. The molecule has 0 fully saturated rings. The van der Waals surface area contributed by atoms with Crippen LogP contribution in [0.5, 0.6) is 0 Å². The van der Waals surface area contributed by atoms with Gasteiger partial charge in [0.15, 0.2) is 0 Å². The molecule has 1 aromatic carbocycles. The Morgan fingerprint density at radius 2 is 2.22 bits per heavy atom. The molecule has 0 aliphatic carbocycles. The Balaban J connectivity index is 2.26. The minimum absolute atomic E-state index is 0.0826. The van der Waals surface area contributed by atoms with E-state index in [-0.39, 0.29) is 6.42 Å². The van der Waals surface area contributed by atoms with Gasteiger partial charge in [-0.25, -0.2) is 0 Å². The lowest BCUT2D eigenvalue weighted by Crippen LogP contribution is -2.09. The van der Waals surface area contributed by atoms with E-state index in [4.69, 9.17) is 13.0 Å². The van der Waals surface area contributed by atoms with E-state index in [0.29, 0.717) is 12.0 Å². The number of rotatable bonds is 4. The van der Waals surface area contributed by atoms with Crippen molar-refractivity contribution >= 4 is 35.9 Å². The Morgan fingerprint density at radius 3 is 2.94 bits per heavy atom. The Hall–Kier alpha value is -2.04. The van der Waals surface area contributed by atoms with Gasteiger partial charge in [-0.3, -0.25) is 9.78 Å². The molecule has 0 aliphatic rings. The summed E-state index contributed by atoms with van der Waals surface area (Å²) in [5.74, 6) is -0.818. The van der Waals surface area contributed by atoms with E-state index in [9.17, 15) is 4.79 Å². The van der Waals surface area contributed by atoms with E-state index in [2.05, 4.69) is 10.3 Å². The molecule has 0 amide bonds. The highest BCUT2D eigenvalue weighted by molar-refractivity contribution is 6.33. The predicted octanol–water partition coefficient (Wildman–Crippen LogP) is 1.22. The van der Waals surface area contributed by atoms with Crippen molar-refractivity contribution in [2.24, 2.45) is 0 Å². The summed E-state index contributed by atoms with van der Waals surface area (Å²) in [5, 5.41) is 12.6. The number of aryl methyl sites for hydroxylation is 1. The molecule has 2 aromatic rings. The van der Waals surface area contributed by atoms with Crippen molar-refractivity contribution in [2.75, 3.05) is 11.9 Å². The summed E-state index contributed by atoms with van der Waals surface area (Å²) in [6.07, 6.45) is 0.0826. The maximum Gasteiger partial charge on any atom is 0.305 e. The van der Waals surface area contributed by atoms with Crippen molar-refractivity contribution < 1.29 is 9.90 Å². The minimum atomic E-state index is -0.818. The fourth-order valence-electron chi connectivity index (χ4n) is 1.76. The van der Waals surface area contributed by atoms with Crippen molar-refractivity contribution in [3.8, 4) is 0 Å². The van der Waals surface area contributed by atoms with Gasteiger partial charge in [0.1, 0.15) is 7.85 Å². The standard InChI is InChI=1S/C13H13BN2O2/c1-8-11(15-5-4-13(17)18)6-9-2-3-10(14)7-12(9)16-8/h2-3,6-7,15H,4-5H2,1H3,(H,17,18). The van der Waals surface area contributed by atoms with Gasteiger partial charge in [0.2, 0.25) is 0 Å². The Morgan fingerprint density at radius 1 is 1.44 bits per heavy atom. The SMILES string of the molecule is [B]c1ccc2cc(NCCC(=O)O)c(C)nc2c1. The lowest BCUT2D eigenvalue weighted by Gasteiger charge is -2.10. The number of aromatic nitrogens is 1. The van der Waals surface area contributed by atoms with Crippen molar-refractivity contribution in [1.82, 2.24) is 4.98 Å². The monoisotopic (exact) mass is 240 g/mol. The molecular formula is C13H13BN2O2. The molecule has 2 N–H and O–H groups in total. The normalized spacial score (nSPS) is 10.5. The van der Waals surface area contributed by atoms with Gasteiger partial charge in [-0.1, -0.05) is 17.6 Å². The van der Waals surface area contributed by atoms with Crippen LogP contribution in [0.3, 0.4) is 0 Å². The first-order valence-corrected chi connectivity index (χ1v) is 5.69. The summed E-state index contributed by atoms with van der Waals surface area (Å²) in [5.41, 5.74) is 3.21. The van der Waals surface area contributed by atoms with E-state index < -0.39 is 5.97 Å². The van der Waals surface area contributed by atoms with Crippen LogP contribution in [-0.2, 0) is 4.79 Å². The number of hydrogen-bond acceptors (Lipinski definition) is 3. The Bertz CT molecular complexity index is 599. The van der Waals surface area contributed by atoms with Crippen LogP contribution in [0.1, 0.15) is 12.1 Å². The zero-order chi connectivity index (χ0) is 13.1. The topological polar surface area (TPSA) is 62.2 Å². The largest absolute Gasteiger partial charge is 0.481 e. The quantitative estimate of drug-likeness (QED) is 0.789. The summed E-state index contributed by atoms with van der Waals surface area (Å²) in [7, 11) is 5.70. The second-order valence-corrected chi connectivity index (χ2v) is 4.14. The zero-order valence-electron chi connectivity index (χ0n) is 10.1. The second kappa shape index (κ2) is 5.08. The van der Waals surface area contributed by atoms with Gasteiger partial charge >= 0.3 is 5.97 Å². The molecule has 0 bridgehead atoms. The summed E-state index contributed by atoms with van der Waals surface area (Å²) in [4.78, 5) is 14.9. The van der Waals surface area contributed by atoms with Gasteiger partial charge in [0.25, 0.3) is 0 Å². The lowest BCUT2D eigenvalue weighted by atomic mass is 9.95. The fraction of sp³-hybridized carbons (Fsp3) is 0.231. The number of benzene rings is 1. The molecular weight excluding hydrogens is 227 g/mol. The van der Waals surface area contributed by atoms with Gasteiger partial charge in [-0.05, 0) is 19.1 Å². The first-order chi connectivity index (χ1) is 8.56. The molecule has 5 heteroatoms. The lowest BCUT2D eigenvalue weighted by molar-refractivity contribution is -0.136. The van der Waals surface area contributed by atoms with E-state index >= 15 is 0 Å². The number of carbonyl (C=O) groups is 1. The number of carboxylic acids is 1. The first kappa shape index (κ1) is 12.4. The minimum Gasteiger partial charge on any atom is -0.481 e. The number of carboxylic acid groups (broad SMARTS) is 1. The third-order valence-corrected chi connectivity index (χ3v) is 2.69. The average molecular weight is 240 g/mol. The van der Waals surface area contributed by atoms with Crippen molar-refractivity contribution in [2.45, 2.75) is 13.3 Å². The van der Waals surface area contributed by atoms with E-state index in [1.165, 1.54) is 0 Å². The van der Waals surface area contributed by atoms with Gasteiger partial charge in [-0.15, -0.1) is 0 Å². The Labute approximate surface area is 106 Å². The Kier molecular flexibility index (Phi) is 3.51. The molecule has 90 valence electrons. The van der Waals surface area contributed by atoms with Gasteiger partial charge in [0, 0.05) is 11.9 Å². The number of nitrogens with zero attached hydrogens (tertiary/aromatic N) is 1. The number of anilines is 1. The second-order valence-electron chi connectivity index (χ2n) is 4.14. The van der Waals surface area contributed by atoms with E-state index in [1.807, 2.05) is 31.2 Å². The molecule has 2 radical (unpaired) electrons. The molecule has 0 saturated carbocycles. The van der Waals surface area contributed by atoms with Crippen molar-refractivity contribution in [3.63, 3.8) is 0 Å². The summed E-state index contributed by atoms with van der Waals surface area (Å²) < 4.78 is 0. The molecule has 4 nitrogen and oxygen atoms in total. The zero-order valence-corrected chi connectivity index (χ0v) is 10.1. The summed E-state index contributed by atoms with van der Waals surface area (Å²) in [6.45, 7) is 2.27. The van der Waals surface area contributed by atoms with Crippen LogP contribution < -0.4 is 10.8 Å². The number of fused-ring (bicyclic) bond motifs is 1. The summed E-state index contributed by atoms with van der Waals surface area (Å²) >= 11 is 0. The van der Waals surface area contributed by atoms with Crippen LogP contribution in [0.4, 0.5) is 5.69 Å². The number of aliphatic carboxylic acids is 1. The first-order valence-electron chi connectivity index (χ1n) is 5.69. The molecule has 0 spiro atoms. The maximum atomic E-state index is 10.5. The van der Waals surface area contributed by atoms with Gasteiger partial charge in [0.05, 0.1) is 23.3 Å². The van der Waals surface area contributed by atoms with Crippen LogP contribution in [-0.4, -0.2) is 30.5 Å². The van der Waals surface area contributed by atoms with Crippen LogP contribution in [0, 0.1) is 6.92 Å². The van der Waals surface area contributed by atoms with Crippen LogP contribution >= 0.6 is 0 Å².